The quantitative estimate of drug-likeness (QED) is 0.761. The molecule has 0 saturated carbocycles. The molecule has 0 aliphatic carbocycles. The molecule has 96 valence electrons. The molecule has 2 heterocycles. The number of fused-ring (bicyclic) bond motifs is 1. The van der Waals surface area contributed by atoms with Gasteiger partial charge in [-0.1, -0.05) is 11.2 Å². The van der Waals surface area contributed by atoms with Crippen molar-refractivity contribution in [2.45, 2.75) is 13.8 Å². The Morgan fingerprint density at radius 2 is 2.05 bits per heavy atom. The van der Waals surface area contributed by atoms with Crippen LogP contribution in [0.1, 0.15) is 22.0 Å². The second-order valence-corrected chi connectivity index (χ2v) is 4.37. The average Bonchev–Trinajstić information content (AvgIpc) is 2.92. The summed E-state index contributed by atoms with van der Waals surface area (Å²) in [6.45, 7) is 3.71. The third-order valence-corrected chi connectivity index (χ3v) is 3.05. The minimum absolute atomic E-state index is 0.0640. The molecule has 3 aromatic rings. The second kappa shape index (κ2) is 3.98. The molecule has 1 aromatic carbocycles. The predicted molar refractivity (Wildman–Crippen MR) is 68.1 cm³/mol. The number of rotatable bonds is 2. The third-order valence-electron chi connectivity index (χ3n) is 3.05. The largest absolute Gasteiger partial charge is 0.475 e. The Kier molecular flexibility index (Phi) is 2.41. The minimum Gasteiger partial charge on any atom is -0.475 e. The van der Waals surface area contributed by atoms with E-state index < -0.39 is 5.97 Å². The van der Waals surface area contributed by atoms with Crippen LogP contribution in [0.3, 0.4) is 0 Å². The van der Waals surface area contributed by atoms with Crippen molar-refractivity contribution < 1.29 is 18.8 Å². The molecule has 0 bridgehead atoms. The zero-order chi connectivity index (χ0) is 13.6. The highest BCUT2D eigenvalue weighted by atomic mass is 16.5. The van der Waals surface area contributed by atoms with Crippen LogP contribution in [-0.2, 0) is 0 Å². The number of hydrogen-bond acceptors (Lipinski definition) is 4. The number of aromatic nitrogens is 1. The fourth-order valence-corrected chi connectivity index (χ4v) is 2.20. The number of benzene rings is 1. The average molecular weight is 257 g/mol. The van der Waals surface area contributed by atoms with E-state index in [2.05, 4.69) is 5.16 Å². The van der Waals surface area contributed by atoms with Crippen LogP contribution in [0.15, 0.2) is 33.2 Å². The van der Waals surface area contributed by atoms with Crippen molar-refractivity contribution >= 4 is 16.9 Å². The van der Waals surface area contributed by atoms with Crippen molar-refractivity contribution in [3.05, 3.63) is 41.5 Å². The summed E-state index contributed by atoms with van der Waals surface area (Å²) in [4.78, 5) is 10.9. The lowest BCUT2D eigenvalue weighted by molar-refractivity contribution is 0.0665. The van der Waals surface area contributed by atoms with E-state index in [4.69, 9.17) is 14.0 Å². The summed E-state index contributed by atoms with van der Waals surface area (Å²) in [5, 5.41) is 13.6. The normalized spacial score (nSPS) is 11.1. The molecule has 3 rings (SSSR count). The van der Waals surface area contributed by atoms with Gasteiger partial charge in [-0.3, -0.25) is 0 Å². The Labute approximate surface area is 108 Å². The van der Waals surface area contributed by atoms with Crippen LogP contribution in [0.5, 0.6) is 0 Å². The summed E-state index contributed by atoms with van der Waals surface area (Å²) >= 11 is 0. The van der Waals surface area contributed by atoms with Crippen molar-refractivity contribution in [1.82, 2.24) is 5.16 Å². The molecule has 19 heavy (non-hydrogen) atoms. The van der Waals surface area contributed by atoms with Gasteiger partial charge in [-0.05, 0) is 37.6 Å². The molecule has 1 N–H and O–H groups in total. The van der Waals surface area contributed by atoms with Crippen LogP contribution in [-0.4, -0.2) is 16.2 Å². The minimum atomic E-state index is -1.07. The zero-order valence-corrected chi connectivity index (χ0v) is 10.4. The predicted octanol–water partition coefficient (Wildman–Crippen LogP) is 3.40. The molecule has 2 aromatic heterocycles. The van der Waals surface area contributed by atoms with Gasteiger partial charge in [0.15, 0.2) is 0 Å². The van der Waals surface area contributed by atoms with E-state index >= 15 is 0 Å². The molecule has 0 atom stereocenters. The SMILES string of the molecule is Cc1noc(C)c1-c1ccc2oc(C(=O)O)cc2c1. The molecule has 0 aliphatic heterocycles. The van der Waals surface area contributed by atoms with Gasteiger partial charge >= 0.3 is 5.97 Å². The molecule has 0 radical (unpaired) electrons. The Morgan fingerprint density at radius 3 is 2.68 bits per heavy atom. The molecule has 5 nitrogen and oxygen atoms in total. The number of carboxylic acids is 1. The van der Waals surface area contributed by atoms with Crippen LogP contribution >= 0.6 is 0 Å². The number of aromatic carboxylic acids is 1. The van der Waals surface area contributed by atoms with Crippen LogP contribution in [0.4, 0.5) is 0 Å². The maximum absolute atomic E-state index is 10.9. The highest BCUT2D eigenvalue weighted by Crippen LogP contribution is 2.30. The summed E-state index contributed by atoms with van der Waals surface area (Å²) < 4.78 is 10.4. The lowest BCUT2D eigenvalue weighted by Crippen LogP contribution is -1.91. The number of carboxylic acid groups (broad SMARTS) is 1. The second-order valence-electron chi connectivity index (χ2n) is 4.37. The summed E-state index contributed by atoms with van der Waals surface area (Å²) in [7, 11) is 0. The van der Waals surface area contributed by atoms with Gasteiger partial charge in [0.05, 0.1) is 5.69 Å². The van der Waals surface area contributed by atoms with Crippen molar-refractivity contribution in [2.75, 3.05) is 0 Å². The van der Waals surface area contributed by atoms with E-state index in [0.29, 0.717) is 5.58 Å². The van der Waals surface area contributed by atoms with Crippen molar-refractivity contribution in [2.24, 2.45) is 0 Å². The Hall–Kier alpha value is -2.56. The Morgan fingerprint density at radius 1 is 1.26 bits per heavy atom. The highest BCUT2D eigenvalue weighted by molar-refractivity contribution is 5.93. The van der Waals surface area contributed by atoms with Crippen molar-refractivity contribution in [3.8, 4) is 11.1 Å². The molecule has 0 unspecified atom stereocenters. The van der Waals surface area contributed by atoms with Gasteiger partial charge in [-0.15, -0.1) is 0 Å². The monoisotopic (exact) mass is 257 g/mol. The van der Waals surface area contributed by atoms with E-state index in [1.54, 1.807) is 6.07 Å². The van der Waals surface area contributed by atoms with E-state index in [1.165, 1.54) is 6.07 Å². The maximum atomic E-state index is 10.9. The van der Waals surface area contributed by atoms with Gasteiger partial charge in [-0.2, -0.15) is 0 Å². The van der Waals surface area contributed by atoms with Gasteiger partial charge in [-0.25, -0.2) is 4.79 Å². The maximum Gasteiger partial charge on any atom is 0.371 e. The van der Waals surface area contributed by atoms with E-state index in [-0.39, 0.29) is 5.76 Å². The molecule has 0 spiro atoms. The number of furan rings is 1. The van der Waals surface area contributed by atoms with Gasteiger partial charge in [0, 0.05) is 10.9 Å². The molecule has 0 fully saturated rings. The van der Waals surface area contributed by atoms with Crippen LogP contribution in [0, 0.1) is 13.8 Å². The van der Waals surface area contributed by atoms with Gasteiger partial charge in [0.25, 0.3) is 0 Å². The first-order valence-corrected chi connectivity index (χ1v) is 5.76. The lowest BCUT2D eigenvalue weighted by atomic mass is 10.0. The number of carbonyl (C=O) groups is 1. The highest BCUT2D eigenvalue weighted by Gasteiger charge is 2.14. The summed E-state index contributed by atoms with van der Waals surface area (Å²) in [6.07, 6.45) is 0. The fourth-order valence-electron chi connectivity index (χ4n) is 2.20. The van der Waals surface area contributed by atoms with E-state index in [1.807, 2.05) is 26.0 Å². The van der Waals surface area contributed by atoms with Gasteiger partial charge in [0.1, 0.15) is 11.3 Å². The Bertz CT molecular complexity index is 762. The molecular formula is C14H11NO4. The smallest absolute Gasteiger partial charge is 0.371 e. The molecule has 5 heteroatoms. The number of aryl methyl sites for hydroxylation is 2. The summed E-state index contributed by atoms with van der Waals surface area (Å²) in [5.74, 6) is -0.403. The van der Waals surface area contributed by atoms with Crippen LogP contribution in [0.2, 0.25) is 0 Å². The topological polar surface area (TPSA) is 76.5 Å². The van der Waals surface area contributed by atoms with Crippen molar-refractivity contribution in [1.29, 1.82) is 0 Å². The number of nitrogens with zero attached hydrogens (tertiary/aromatic N) is 1. The first kappa shape index (κ1) is 11.5. The molecule has 0 aliphatic rings. The molecular weight excluding hydrogens is 246 g/mol. The first-order valence-electron chi connectivity index (χ1n) is 5.76. The van der Waals surface area contributed by atoms with Gasteiger partial charge in [0.2, 0.25) is 5.76 Å². The third kappa shape index (κ3) is 1.79. The fraction of sp³-hybridized carbons (Fsp3) is 0.143. The van der Waals surface area contributed by atoms with Crippen LogP contribution in [0.25, 0.3) is 22.1 Å². The van der Waals surface area contributed by atoms with E-state index in [9.17, 15) is 4.79 Å². The molecule has 0 amide bonds. The number of hydrogen-bond donors (Lipinski definition) is 1. The molecule has 0 saturated heterocycles. The Balaban J connectivity index is 2.19. The van der Waals surface area contributed by atoms with Crippen LogP contribution < -0.4 is 0 Å². The standard InChI is InChI=1S/C14H11NO4/c1-7-13(8(2)19-15-7)9-3-4-11-10(5-9)6-12(18-11)14(16)17/h3-6H,1-2H3,(H,16,17). The zero-order valence-electron chi connectivity index (χ0n) is 10.4. The van der Waals surface area contributed by atoms with Gasteiger partial charge < -0.3 is 14.0 Å². The lowest BCUT2D eigenvalue weighted by Gasteiger charge is -1.99. The van der Waals surface area contributed by atoms with Crippen molar-refractivity contribution in [3.63, 3.8) is 0 Å². The first-order chi connectivity index (χ1) is 9.06. The summed E-state index contributed by atoms with van der Waals surface area (Å²) in [5.41, 5.74) is 3.22. The van der Waals surface area contributed by atoms with E-state index in [0.717, 1.165) is 28.0 Å². The summed E-state index contributed by atoms with van der Waals surface area (Å²) in [6, 6.07) is 7.00.